The lowest BCUT2D eigenvalue weighted by Gasteiger charge is -2.34. The molecular weight excluding hydrogens is 435 g/mol. The smallest absolute Gasteiger partial charge is 0.246 e. The molecule has 0 aliphatic carbocycles. The minimum absolute atomic E-state index is 0.0365. The van der Waals surface area contributed by atoms with Gasteiger partial charge in [-0.15, -0.1) is 0 Å². The highest BCUT2D eigenvalue weighted by Crippen LogP contribution is 2.21. The largest absolute Gasteiger partial charge is 0.347 e. The molecule has 1 N–H and O–H groups in total. The van der Waals surface area contributed by atoms with Gasteiger partial charge in [-0.2, -0.15) is 4.31 Å². The van der Waals surface area contributed by atoms with E-state index in [0.717, 1.165) is 16.4 Å². The highest BCUT2D eigenvalue weighted by Gasteiger charge is 2.32. The van der Waals surface area contributed by atoms with Crippen molar-refractivity contribution in [2.24, 2.45) is 0 Å². The number of halogens is 3. The Morgan fingerprint density at radius 3 is 2.29 bits per heavy atom. The van der Waals surface area contributed by atoms with E-state index < -0.39 is 44.2 Å². The maximum Gasteiger partial charge on any atom is 0.246 e. The third-order valence-corrected chi connectivity index (χ3v) is 6.71. The first-order chi connectivity index (χ1) is 14.7. The van der Waals surface area contributed by atoms with Crippen molar-refractivity contribution in [1.29, 1.82) is 0 Å². The first-order valence-electron chi connectivity index (χ1n) is 9.41. The van der Waals surface area contributed by atoms with Crippen LogP contribution in [0.15, 0.2) is 47.4 Å². The van der Waals surface area contributed by atoms with E-state index in [-0.39, 0.29) is 39.1 Å². The summed E-state index contributed by atoms with van der Waals surface area (Å²) in [5.74, 6) is -3.26. The van der Waals surface area contributed by atoms with E-state index in [4.69, 9.17) is 0 Å². The molecule has 1 heterocycles. The molecule has 0 unspecified atom stereocenters. The number of benzene rings is 2. The summed E-state index contributed by atoms with van der Waals surface area (Å²) in [7, 11) is -4.25. The van der Waals surface area contributed by atoms with Crippen LogP contribution < -0.4 is 5.32 Å². The van der Waals surface area contributed by atoms with Gasteiger partial charge in [-0.3, -0.25) is 9.59 Å². The molecule has 2 amide bonds. The predicted molar refractivity (Wildman–Crippen MR) is 105 cm³/mol. The third-order valence-electron chi connectivity index (χ3n) is 4.79. The Bertz CT molecular complexity index is 1090. The van der Waals surface area contributed by atoms with Gasteiger partial charge in [0.2, 0.25) is 21.8 Å². The molecule has 0 radical (unpaired) electrons. The Kier molecular flexibility index (Phi) is 6.96. The molecule has 0 bridgehead atoms. The summed E-state index contributed by atoms with van der Waals surface area (Å²) >= 11 is 0. The predicted octanol–water partition coefficient (Wildman–Crippen LogP) is 1.30. The molecule has 0 spiro atoms. The molecule has 1 saturated heterocycles. The van der Waals surface area contributed by atoms with Gasteiger partial charge in [-0.25, -0.2) is 21.6 Å². The quantitative estimate of drug-likeness (QED) is 0.712. The number of nitrogens with one attached hydrogen (secondary N) is 1. The normalized spacial score (nSPS) is 15.0. The van der Waals surface area contributed by atoms with Gasteiger partial charge in [0.1, 0.15) is 22.3 Å². The lowest BCUT2D eigenvalue weighted by atomic mass is 10.1. The standard InChI is InChI=1S/C20H20F3N3O4S/c21-15-3-1-2-14(10-15)11-19(27)24-13-20(28)25-6-8-26(9-7-25)31(29,30)18-12-16(22)4-5-17(18)23/h1-5,10,12H,6-9,11,13H2,(H,24,27). The molecule has 11 heteroatoms. The lowest BCUT2D eigenvalue weighted by Crippen LogP contribution is -2.52. The average molecular weight is 455 g/mol. The first kappa shape index (κ1) is 22.8. The number of hydrogen-bond donors (Lipinski definition) is 1. The minimum Gasteiger partial charge on any atom is -0.347 e. The Labute approximate surface area is 177 Å². The van der Waals surface area contributed by atoms with Crippen molar-refractivity contribution in [3.05, 3.63) is 65.5 Å². The molecular formula is C20H20F3N3O4S. The Balaban J connectivity index is 1.51. The van der Waals surface area contributed by atoms with Crippen LogP contribution in [0.2, 0.25) is 0 Å². The zero-order valence-corrected chi connectivity index (χ0v) is 17.2. The van der Waals surface area contributed by atoms with Crippen molar-refractivity contribution in [3.8, 4) is 0 Å². The number of carbonyl (C=O) groups excluding carboxylic acids is 2. The van der Waals surface area contributed by atoms with Crippen LogP contribution in [0.5, 0.6) is 0 Å². The molecule has 2 aromatic carbocycles. The summed E-state index contributed by atoms with van der Waals surface area (Å²) in [4.78, 5) is 24.9. The highest BCUT2D eigenvalue weighted by molar-refractivity contribution is 7.89. The van der Waals surface area contributed by atoms with Crippen molar-refractivity contribution in [2.45, 2.75) is 11.3 Å². The van der Waals surface area contributed by atoms with Crippen molar-refractivity contribution in [1.82, 2.24) is 14.5 Å². The summed E-state index contributed by atoms with van der Waals surface area (Å²) in [6.07, 6.45) is -0.0870. The van der Waals surface area contributed by atoms with E-state index >= 15 is 0 Å². The number of carbonyl (C=O) groups is 2. The summed E-state index contributed by atoms with van der Waals surface area (Å²) in [5, 5.41) is 2.45. The fraction of sp³-hybridized carbons (Fsp3) is 0.300. The molecule has 7 nitrogen and oxygen atoms in total. The second-order valence-electron chi connectivity index (χ2n) is 6.94. The monoisotopic (exact) mass is 455 g/mol. The summed E-state index contributed by atoms with van der Waals surface area (Å²) in [5.41, 5.74) is 0.466. The second-order valence-corrected chi connectivity index (χ2v) is 8.85. The van der Waals surface area contributed by atoms with Crippen LogP contribution in [-0.4, -0.2) is 62.2 Å². The lowest BCUT2D eigenvalue weighted by molar-refractivity contribution is -0.133. The van der Waals surface area contributed by atoms with Crippen LogP contribution >= 0.6 is 0 Å². The van der Waals surface area contributed by atoms with Crippen molar-refractivity contribution in [3.63, 3.8) is 0 Å². The number of rotatable bonds is 6. The molecule has 0 atom stereocenters. The van der Waals surface area contributed by atoms with Gasteiger partial charge >= 0.3 is 0 Å². The van der Waals surface area contributed by atoms with E-state index in [0.29, 0.717) is 11.6 Å². The highest BCUT2D eigenvalue weighted by atomic mass is 32.2. The fourth-order valence-electron chi connectivity index (χ4n) is 3.17. The molecule has 0 saturated carbocycles. The van der Waals surface area contributed by atoms with Gasteiger partial charge in [0.15, 0.2) is 0 Å². The molecule has 1 fully saturated rings. The van der Waals surface area contributed by atoms with Gasteiger partial charge in [-0.1, -0.05) is 12.1 Å². The van der Waals surface area contributed by atoms with Gasteiger partial charge in [0.05, 0.1) is 13.0 Å². The van der Waals surface area contributed by atoms with Crippen LogP contribution in [0, 0.1) is 17.5 Å². The summed E-state index contributed by atoms with van der Waals surface area (Å²) in [6, 6.07) is 7.74. The maximum absolute atomic E-state index is 13.9. The summed E-state index contributed by atoms with van der Waals surface area (Å²) < 4.78 is 66.6. The molecule has 166 valence electrons. The number of sulfonamides is 1. The molecule has 3 rings (SSSR count). The van der Waals surface area contributed by atoms with E-state index in [1.54, 1.807) is 6.07 Å². The maximum atomic E-state index is 13.9. The van der Waals surface area contributed by atoms with E-state index in [9.17, 15) is 31.2 Å². The Morgan fingerprint density at radius 2 is 1.61 bits per heavy atom. The van der Waals surface area contributed by atoms with E-state index in [2.05, 4.69) is 5.32 Å². The zero-order chi connectivity index (χ0) is 22.6. The first-order valence-corrected chi connectivity index (χ1v) is 10.8. The van der Waals surface area contributed by atoms with Crippen molar-refractivity contribution in [2.75, 3.05) is 32.7 Å². The number of hydrogen-bond acceptors (Lipinski definition) is 4. The van der Waals surface area contributed by atoms with Crippen LogP contribution in [0.4, 0.5) is 13.2 Å². The third kappa shape index (κ3) is 5.61. The molecule has 2 aromatic rings. The van der Waals surface area contributed by atoms with Crippen LogP contribution in [-0.2, 0) is 26.0 Å². The molecule has 31 heavy (non-hydrogen) atoms. The van der Waals surface area contributed by atoms with Gasteiger partial charge in [0, 0.05) is 26.2 Å². The Hall–Kier alpha value is -2.92. The average Bonchev–Trinajstić information content (AvgIpc) is 2.73. The van der Waals surface area contributed by atoms with Crippen molar-refractivity contribution >= 4 is 21.8 Å². The number of piperazine rings is 1. The van der Waals surface area contributed by atoms with Crippen LogP contribution in [0.25, 0.3) is 0 Å². The van der Waals surface area contributed by atoms with Gasteiger partial charge < -0.3 is 10.2 Å². The zero-order valence-electron chi connectivity index (χ0n) is 16.4. The van der Waals surface area contributed by atoms with Gasteiger partial charge in [-0.05, 0) is 35.9 Å². The number of amides is 2. The van der Waals surface area contributed by atoms with Crippen LogP contribution in [0.1, 0.15) is 5.56 Å². The van der Waals surface area contributed by atoms with Crippen molar-refractivity contribution < 1.29 is 31.2 Å². The molecule has 1 aliphatic heterocycles. The van der Waals surface area contributed by atoms with E-state index in [1.165, 1.54) is 23.1 Å². The van der Waals surface area contributed by atoms with Crippen LogP contribution in [0.3, 0.4) is 0 Å². The van der Waals surface area contributed by atoms with Gasteiger partial charge in [0.25, 0.3) is 0 Å². The SMILES string of the molecule is O=C(Cc1cccc(F)c1)NCC(=O)N1CCN(S(=O)(=O)c2cc(F)ccc2F)CC1. The van der Waals surface area contributed by atoms with E-state index in [1.807, 2.05) is 0 Å². The minimum atomic E-state index is -4.25. The molecule has 0 aromatic heterocycles. The number of nitrogens with zero attached hydrogens (tertiary/aromatic N) is 2. The second kappa shape index (κ2) is 9.48. The fourth-order valence-corrected chi connectivity index (χ4v) is 4.67. The topological polar surface area (TPSA) is 86.8 Å². The summed E-state index contributed by atoms with van der Waals surface area (Å²) in [6.45, 7) is -0.411. The Morgan fingerprint density at radius 1 is 0.935 bits per heavy atom. The molecule has 1 aliphatic rings.